The van der Waals surface area contributed by atoms with Gasteiger partial charge in [-0.15, -0.1) is 12.3 Å². The lowest BCUT2D eigenvalue weighted by molar-refractivity contribution is 0.0292. The van der Waals surface area contributed by atoms with Crippen molar-refractivity contribution < 1.29 is 14.6 Å². The van der Waals surface area contributed by atoms with Crippen molar-refractivity contribution in [2.45, 2.75) is 19.1 Å². The lowest BCUT2D eigenvalue weighted by Crippen LogP contribution is -2.46. The van der Waals surface area contributed by atoms with Gasteiger partial charge in [0.05, 0.1) is 12.6 Å². The first-order valence-corrected chi connectivity index (χ1v) is 6.30. The minimum absolute atomic E-state index is 0.168. The summed E-state index contributed by atoms with van der Waals surface area (Å²) >= 11 is 0. The van der Waals surface area contributed by atoms with E-state index < -0.39 is 12.2 Å². The highest BCUT2D eigenvalue weighted by Crippen LogP contribution is 2.17. The topological polar surface area (TPSA) is 49.8 Å². The van der Waals surface area contributed by atoms with E-state index in [1.165, 1.54) is 4.90 Å². The number of rotatable bonds is 2. The second-order valence-corrected chi connectivity index (χ2v) is 4.62. The average molecular weight is 259 g/mol. The smallest absolute Gasteiger partial charge is 0.410 e. The first-order valence-electron chi connectivity index (χ1n) is 6.30. The summed E-state index contributed by atoms with van der Waals surface area (Å²) in [6.45, 7) is 1.01. The van der Waals surface area contributed by atoms with Gasteiger partial charge >= 0.3 is 6.09 Å². The van der Waals surface area contributed by atoms with Crippen LogP contribution in [0.15, 0.2) is 30.3 Å². The molecule has 4 heteroatoms. The Bertz CT molecular complexity index is 466. The maximum atomic E-state index is 11.9. The molecule has 0 spiro atoms. The van der Waals surface area contributed by atoms with E-state index >= 15 is 0 Å². The molecular weight excluding hydrogens is 242 g/mol. The summed E-state index contributed by atoms with van der Waals surface area (Å²) in [6, 6.07) is 9.49. The maximum Gasteiger partial charge on any atom is 0.410 e. The molecule has 0 radical (unpaired) electrons. The third kappa shape index (κ3) is 3.49. The van der Waals surface area contributed by atoms with Crippen LogP contribution in [0.4, 0.5) is 4.79 Å². The highest BCUT2D eigenvalue weighted by atomic mass is 16.6. The molecule has 0 aliphatic carbocycles. The molecule has 1 aliphatic rings. The van der Waals surface area contributed by atoms with Crippen molar-refractivity contribution in [3.63, 3.8) is 0 Å². The van der Waals surface area contributed by atoms with E-state index in [1.807, 2.05) is 30.3 Å². The Hall–Kier alpha value is -1.99. The predicted octanol–water partition coefficient (Wildman–Crippen LogP) is 1.64. The quantitative estimate of drug-likeness (QED) is 0.821. The summed E-state index contributed by atoms with van der Waals surface area (Å²) < 4.78 is 5.21. The van der Waals surface area contributed by atoms with Gasteiger partial charge in [-0.3, -0.25) is 0 Å². The molecule has 0 bridgehead atoms. The van der Waals surface area contributed by atoms with Crippen LogP contribution in [0.5, 0.6) is 0 Å². The van der Waals surface area contributed by atoms with Gasteiger partial charge in [0.2, 0.25) is 0 Å². The molecule has 1 aliphatic heterocycles. The summed E-state index contributed by atoms with van der Waals surface area (Å²) in [7, 11) is 0. The van der Waals surface area contributed by atoms with E-state index in [0.29, 0.717) is 13.0 Å². The molecule has 0 unspecified atom stereocenters. The molecule has 1 aromatic rings. The molecule has 1 saturated heterocycles. The zero-order chi connectivity index (χ0) is 13.7. The van der Waals surface area contributed by atoms with E-state index in [-0.39, 0.29) is 19.1 Å². The van der Waals surface area contributed by atoms with Crippen LogP contribution < -0.4 is 0 Å². The minimum atomic E-state index is -0.664. The lowest BCUT2D eigenvalue weighted by atomic mass is 9.95. The number of carbonyl (C=O) groups is 1. The number of aliphatic hydroxyl groups is 1. The Labute approximate surface area is 113 Å². The van der Waals surface area contributed by atoms with Crippen molar-refractivity contribution >= 4 is 6.09 Å². The number of carbonyl (C=O) groups excluding carboxylic acids is 1. The van der Waals surface area contributed by atoms with Crippen LogP contribution in [-0.4, -0.2) is 35.3 Å². The zero-order valence-electron chi connectivity index (χ0n) is 10.7. The fraction of sp³-hybridized carbons (Fsp3) is 0.400. The van der Waals surface area contributed by atoms with E-state index in [1.54, 1.807) is 0 Å². The molecule has 2 atom stereocenters. The Morgan fingerprint density at radius 1 is 1.47 bits per heavy atom. The van der Waals surface area contributed by atoms with E-state index in [4.69, 9.17) is 11.2 Å². The number of terminal acetylenes is 1. The van der Waals surface area contributed by atoms with E-state index in [2.05, 4.69) is 5.92 Å². The number of amides is 1. The van der Waals surface area contributed by atoms with Gasteiger partial charge in [0, 0.05) is 12.5 Å². The van der Waals surface area contributed by atoms with Gasteiger partial charge < -0.3 is 14.7 Å². The number of piperidine rings is 1. The summed E-state index contributed by atoms with van der Waals surface area (Å²) in [5.41, 5.74) is 0.940. The summed E-state index contributed by atoms with van der Waals surface area (Å²) in [5, 5.41) is 9.78. The fourth-order valence-corrected chi connectivity index (χ4v) is 2.10. The molecule has 1 fully saturated rings. The lowest BCUT2D eigenvalue weighted by Gasteiger charge is -2.32. The van der Waals surface area contributed by atoms with Crippen LogP contribution >= 0.6 is 0 Å². The number of aliphatic hydroxyl groups excluding tert-OH is 1. The van der Waals surface area contributed by atoms with Gasteiger partial charge in [-0.1, -0.05) is 30.3 Å². The summed E-state index contributed by atoms with van der Waals surface area (Å²) in [5.74, 6) is 2.37. The molecule has 19 heavy (non-hydrogen) atoms. The summed E-state index contributed by atoms with van der Waals surface area (Å²) in [6.07, 6.45) is 4.85. The Morgan fingerprint density at radius 3 is 2.84 bits per heavy atom. The van der Waals surface area contributed by atoms with Crippen molar-refractivity contribution in [2.24, 2.45) is 5.92 Å². The third-order valence-electron chi connectivity index (χ3n) is 3.26. The highest BCUT2D eigenvalue weighted by Gasteiger charge is 2.29. The zero-order valence-corrected chi connectivity index (χ0v) is 10.7. The molecule has 1 heterocycles. The Balaban J connectivity index is 1.83. The Kier molecular flexibility index (Phi) is 4.43. The molecule has 0 saturated carbocycles. The van der Waals surface area contributed by atoms with Gasteiger partial charge in [0.15, 0.2) is 0 Å². The van der Waals surface area contributed by atoms with E-state index in [9.17, 15) is 9.90 Å². The predicted molar refractivity (Wildman–Crippen MR) is 71.1 cm³/mol. The fourth-order valence-electron chi connectivity index (χ4n) is 2.10. The number of benzene rings is 1. The van der Waals surface area contributed by atoms with Gasteiger partial charge in [-0.25, -0.2) is 4.79 Å². The summed E-state index contributed by atoms with van der Waals surface area (Å²) in [4.78, 5) is 13.4. The van der Waals surface area contributed by atoms with Crippen LogP contribution in [0.3, 0.4) is 0 Å². The second-order valence-electron chi connectivity index (χ2n) is 4.62. The first-order chi connectivity index (χ1) is 9.20. The molecule has 100 valence electrons. The number of hydrogen-bond acceptors (Lipinski definition) is 3. The van der Waals surface area contributed by atoms with Crippen LogP contribution in [0.2, 0.25) is 0 Å². The normalized spacial score (nSPS) is 22.6. The molecular formula is C15H17NO3. The van der Waals surface area contributed by atoms with Crippen molar-refractivity contribution in [3.8, 4) is 12.3 Å². The molecule has 2 rings (SSSR count). The third-order valence-corrected chi connectivity index (χ3v) is 3.26. The average Bonchev–Trinajstić information content (AvgIpc) is 2.45. The van der Waals surface area contributed by atoms with Gasteiger partial charge in [0.1, 0.15) is 6.61 Å². The van der Waals surface area contributed by atoms with Gasteiger partial charge in [-0.2, -0.15) is 0 Å². The van der Waals surface area contributed by atoms with Crippen molar-refractivity contribution in [1.29, 1.82) is 0 Å². The SMILES string of the molecule is C#C[C@@H]1CCN(C(=O)OCc2ccccc2)C[C@H]1O. The molecule has 1 N–H and O–H groups in total. The number of hydrogen-bond donors (Lipinski definition) is 1. The van der Waals surface area contributed by atoms with Crippen LogP contribution in [0.25, 0.3) is 0 Å². The van der Waals surface area contributed by atoms with Crippen molar-refractivity contribution in [3.05, 3.63) is 35.9 Å². The maximum absolute atomic E-state index is 11.9. The number of β-amino-alcohol motifs (C(OH)–C–C–N with tert-alkyl or cyclic N) is 1. The molecule has 1 amide bonds. The van der Waals surface area contributed by atoms with Crippen LogP contribution in [-0.2, 0) is 11.3 Å². The standard InChI is InChI=1S/C15H17NO3/c1-2-13-8-9-16(10-14(13)17)15(18)19-11-12-6-4-3-5-7-12/h1,3-7,13-14,17H,8-11H2/t13-,14-/m1/s1. The van der Waals surface area contributed by atoms with Gasteiger partial charge in [-0.05, 0) is 12.0 Å². The molecule has 4 nitrogen and oxygen atoms in total. The van der Waals surface area contributed by atoms with Crippen LogP contribution in [0.1, 0.15) is 12.0 Å². The van der Waals surface area contributed by atoms with Crippen LogP contribution in [0, 0.1) is 18.3 Å². The van der Waals surface area contributed by atoms with Crippen molar-refractivity contribution in [1.82, 2.24) is 4.90 Å². The first kappa shape index (κ1) is 13.4. The largest absolute Gasteiger partial charge is 0.445 e. The number of likely N-dealkylation sites (tertiary alicyclic amines) is 1. The Morgan fingerprint density at radius 2 is 2.21 bits per heavy atom. The number of nitrogens with zero attached hydrogens (tertiary/aromatic N) is 1. The minimum Gasteiger partial charge on any atom is -0.445 e. The molecule has 0 aromatic heterocycles. The highest BCUT2D eigenvalue weighted by molar-refractivity contribution is 5.67. The van der Waals surface area contributed by atoms with Crippen molar-refractivity contribution in [2.75, 3.05) is 13.1 Å². The molecule has 1 aromatic carbocycles. The van der Waals surface area contributed by atoms with E-state index in [0.717, 1.165) is 5.56 Å². The second kappa shape index (κ2) is 6.26. The monoisotopic (exact) mass is 259 g/mol. The van der Waals surface area contributed by atoms with Gasteiger partial charge in [0.25, 0.3) is 0 Å². The number of ether oxygens (including phenoxy) is 1.